The van der Waals surface area contributed by atoms with Gasteiger partial charge in [-0.1, -0.05) is 23.4 Å². The second kappa shape index (κ2) is 7.15. The molecule has 0 spiro atoms. The smallest absolute Gasteiger partial charge is 0.258 e. The summed E-state index contributed by atoms with van der Waals surface area (Å²) in [5, 5.41) is 6.89. The number of carbonyl (C=O) groups excluding carboxylic acids is 1. The van der Waals surface area contributed by atoms with Crippen molar-refractivity contribution in [1.82, 2.24) is 10.1 Å². The van der Waals surface area contributed by atoms with E-state index in [1.54, 1.807) is 13.0 Å². The van der Waals surface area contributed by atoms with Gasteiger partial charge in [0, 0.05) is 18.2 Å². The van der Waals surface area contributed by atoms with Gasteiger partial charge in [-0.3, -0.25) is 4.79 Å². The predicted molar refractivity (Wildman–Crippen MR) is 106 cm³/mol. The van der Waals surface area contributed by atoms with Crippen LogP contribution >= 0.6 is 0 Å². The van der Waals surface area contributed by atoms with Crippen molar-refractivity contribution < 1.29 is 13.7 Å². The summed E-state index contributed by atoms with van der Waals surface area (Å²) >= 11 is 0. The van der Waals surface area contributed by atoms with E-state index in [4.69, 9.17) is 8.94 Å². The maximum atomic E-state index is 12.3. The molecule has 28 heavy (non-hydrogen) atoms. The fourth-order valence-corrected chi connectivity index (χ4v) is 3.11. The normalized spacial score (nSPS) is 10.8. The average molecular weight is 373 g/mol. The Morgan fingerprint density at radius 1 is 0.964 bits per heavy atom. The number of benzene rings is 2. The molecule has 0 fully saturated rings. The van der Waals surface area contributed by atoms with Crippen LogP contribution in [0.15, 0.2) is 63.9 Å². The van der Waals surface area contributed by atoms with Crippen molar-refractivity contribution in [2.24, 2.45) is 0 Å². The summed E-state index contributed by atoms with van der Waals surface area (Å²) in [6.45, 7) is 5.86. The van der Waals surface area contributed by atoms with Crippen LogP contribution < -0.4 is 5.32 Å². The van der Waals surface area contributed by atoms with E-state index in [0.29, 0.717) is 17.3 Å². The highest BCUT2D eigenvalue weighted by molar-refractivity contribution is 6.04. The Bertz CT molecular complexity index is 1140. The van der Waals surface area contributed by atoms with E-state index in [0.717, 1.165) is 33.5 Å². The number of aromatic nitrogens is 2. The van der Waals surface area contributed by atoms with Crippen molar-refractivity contribution in [2.45, 2.75) is 20.8 Å². The summed E-state index contributed by atoms with van der Waals surface area (Å²) in [7, 11) is 0. The number of furan rings is 1. The molecule has 0 bridgehead atoms. The van der Waals surface area contributed by atoms with Crippen molar-refractivity contribution in [3.8, 4) is 22.5 Å². The zero-order chi connectivity index (χ0) is 19.7. The number of hydrogen-bond acceptors (Lipinski definition) is 5. The third-order valence-corrected chi connectivity index (χ3v) is 4.58. The van der Waals surface area contributed by atoms with Crippen LogP contribution in [0.25, 0.3) is 22.5 Å². The number of hydrogen-bond donors (Lipinski definition) is 1. The third kappa shape index (κ3) is 3.44. The topological polar surface area (TPSA) is 81.2 Å². The maximum absolute atomic E-state index is 12.3. The van der Waals surface area contributed by atoms with Crippen molar-refractivity contribution in [1.29, 1.82) is 0 Å². The molecule has 0 radical (unpaired) electrons. The van der Waals surface area contributed by atoms with Gasteiger partial charge in [-0.2, -0.15) is 4.98 Å². The lowest BCUT2D eigenvalue weighted by Gasteiger charge is -2.13. The number of aryl methyl sites for hydroxylation is 3. The highest BCUT2D eigenvalue weighted by Gasteiger charge is 2.12. The van der Waals surface area contributed by atoms with E-state index in [2.05, 4.69) is 15.5 Å². The molecule has 0 unspecified atom stereocenters. The minimum absolute atomic E-state index is 0.205. The zero-order valence-corrected chi connectivity index (χ0v) is 15.8. The number of nitrogens with one attached hydrogen (secondary N) is 1. The Kier molecular flexibility index (Phi) is 4.53. The summed E-state index contributed by atoms with van der Waals surface area (Å²) in [6, 6.07) is 13.6. The van der Waals surface area contributed by atoms with Gasteiger partial charge < -0.3 is 14.3 Å². The Morgan fingerprint density at radius 3 is 2.50 bits per heavy atom. The quantitative estimate of drug-likeness (QED) is 0.533. The van der Waals surface area contributed by atoms with Crippen LogP contribution in [0.5, 0.6) is 0 Å². The van der Waals surface area contributed by atoms with Gasteiger partial charge in [0.05, 0.1) is 11.8 Å². The first kappa shape index (κ1) is 17.7. The molecule has 6 nitrogen and oxygen atoms in total. The molecule has 0 saturated heterocycles. The van der Waals surface area contributed by atoms with Gasteiger partial charge in [0.2, 0.25) is 11.7 Å². The van der Waals surface area contributed by atoms with Crippen molar-refractivity contribution in [2.75, 3.05) is 5.32 Å². The molecule has 0 aliphatic rings. The second-order valence-electron chi connectivity index (χ2n) is 6.66. The van der Waals surface area contributed by atoms with Crippen LogP contribution in [0.2, 0.25) is 0 Å². The standard InChI is InChI=1S/C22H19N3O3/c1-13-4-6-18(24-22(26)17-8-9-27-12-17)11-20(13)19-7-5-16(10-14(19)2)21-23-15(3)28-25-21/h4-12H,1-3H3,(H,24,26). The first-order valence-corrected chi connectivity index (χ1v) is 8.87. The van der Waals surface area contributed by atoms with E-state index in [-0.39, 0.29) is 5.91 Å². The van der Waals surface area contributed by atoms with Crippen LogP contribution in [-0.4, -0.2) is 16.0 Å². The second-order valence-corrected chi connectivity index (χ2v) is 6.66. The summed E-state index contributed by atoms with van der Waals surface area (Å²) in [6.07, 6.45) is 2.90. The molecule has 0 aliphatic heterocycles. The van der Waals surface area contributed by atoms with Gasteiger partial charge >= 0.3 is 0 Å². The molecule has 2 heterocycles. The summed E-state index contributed by atoms with van der Waals surface area (Å²) in [5.41, 5.74) is 6.45. The maximum Gasteiger partial charge on any atom is 0.258 e. The molecular weight excluding hydrogens is 354 g/mol. The number of anilines is 1. The first-order valence-electron chi connectivity index (χ1n) is 8.87. The van der Waals surface area contributed by atoms with Gasteiger partial charge in [0.15, 0.2) is 0 Å². The minimum atomic E-state index is -0.205. The van der Waals surface area contributed by atoms with E-state index < -0.39 is 0 Å². The van der Waals surface area contributed by atoms with Gasteiger partial charge in [-0.25, -0.2) is 0 Å². The Labute approximate surface area is 162 Å². The SMILES string of the molecule is Cc1nc(-c2ccc(-c3cc(NC(=O)c4ccoc4)ccc3C)c(C)c2)no1. The molecule has 4 rings (SSSR count). The van der Waals surface area contributed by atoms with Crippen molar-refractivity contribution in [3.05, 3.63) is 77.6 Å². The lowest BCUT2D eigenvalue weighted by Crippen LogP contribution is -2.10. The van der Waals surface area contributed by atoms with Gasteiger partial charge in [0.25, 0.3) is 5.91 Å². The summed E-state index contributed by atoms with van der Waals surface area (Å²) in [5.74, 6) is 0.904. The Morgan fingerprint density at radius 2 is 1.82 bits per heavy atom. The number of nitrogens with zero attached hydrogens (tertiary/aromatic N) is 2. The largest absolute Gasteiger partial charge is 0.472 e. The molecule has 4 aromatic rings. The molecule has 0 saturated carbocycles. The van der Waals surface area contributed by atoms with Gasteiger partial charge in [0.1, 0.15) is 6.26 Å². The molecule has 1 N–H and O–H groups in total. The van der Waals surface area contributed by atoms with E-state index >= 15 is 0 Å². The fraction of sp³-hybridized carbons (Fsp3) is 0.136. The van der Waals surface area contributed by atoms with E-state index in [1.807, 2.05) is 50.2 Å². The minimum Gasteiger partial charge on any atom is -0.472 e. The molecule has 0 atom stereocenters. The lowest BCUT2D eigenvalue weighted by molar-refractivity contribution is 0.102. The van der Waals surface area contributed by atoms with Crippen LogP contribution in [0, 0.1) is 20.8 Å². The van der Waals surface area contributed by atoms with Crippen LogP contribution in [-0.2, 0) is 0 Å². The Balaban J connectivity index is 1.66. The van der Waals surface area contributed by atoms with Gasteiger partial charge in [-0.15, -0.1) is 0 Å². The van der Waals surface area contributed by atoms with Crippen molar-refractivity contribution in [3.63, 3.8) is 0 Å². The van der Waals surface area contributed by atoms with Crippen LogP contribution in [0.1, 0.15) is 27.4 Å². The number of rotatable bonds is 4. The van der Waals surface area contributed by atoms with E-state index in [1.165, 1.54) is 12.5 Å². The monoisotopic (exact) mass is 373 g/mol. The first-order chi connectivity index (χ1) is 13.5. The number of carbonyl (C=O) groups is 1. The zero-order valence-electron chi connectivity index (χ0n) is 15.8. The Hall–Kier alpha value is -3.67. The molecule has 2 aromatic heterocycles. The van der Waals surface area contributed by atoms with E-state index in [9.17, 15) is 4.79 Å². The summed E-state index contributed by atoms with van der Waals surface area (Å²) in [4.78, 5) is 16.6. The average Bonchev–Trinajstić information content (AvgIpc) is 3.35. The third-order valence-electron chi connectivity index (χ3n) is 4.58. The van der Waals surface area contributed by atoms with Crippen LogP contribution in [0.3, 0.4) is 0 Å². The highest BCUT2D eigenvalue weighted by Crippen LogP contribution is 2.31. The fourth-order valence-electron chi connectivity index (χ4n) is 3.11. The molecule has 2 aromatic carbocycles. The molecule has 140 valence electrons. The summed E-state index contributed by atoms with van der Waals surface area (Å²) < 4.78 is 10.0. The molecule has 0 aliphatic carbocycles. The predicted octanol–water partition coefficient (Wildman–Crippen LogP) is 5.17. The van der Waals surface area contributed by atoms with Gasteiger partial charge in [-0.05, 0) is 60.4 Å². The van der Waals surface area contributed by atoms with Crippen LogP contribution in [0.4, 0.5) is 5.69 Å². The van der Waals surface area contributed by atoms with Crippen molar-refractivity contribution >= 4 is 11.6 Å². The molecule has 6 heteroatoms. The number of amides is 1. The highest BCUT2D eigenvalue weighted by atomic mass is 16.5. The molecule has 1 amide bonds. The lowest BCUT2D eigenvalue weighted by atomic mass is 9.94. The molecular formula is C22H19N3O3.